The van der Waals surface area contributed by atoms with Crippen LogP contribution < -0.4 is 10.2 Å². The number of halogens is 1. The van der Waals surface area contributed by atoms with Gasteiger partial charge in [0.15, 0.2) is 0 Å². The summed E-state index contributed by atoms with van der Waals surface area (Å²) in [6.07, 6.45) is 4.34. The van der Waals surface area contributed by atoms with E-state index < -0.39 is 5.91 Å². The van der Waals surface area contributed by atoms with Crippen LogP contribution in [0.3, 0.4) is 0 Å². The SMILES string of the molecule is COc1ccc(O)c(C=NNC(=O)c2cncc(Br)c2)c1. The molecule has 108 valence electrons. The predicted molar refractivity (Wildman–Crippen MR) is 81.7 cm³/mol. The van der Waals surface area contributed by atoms with Crippen LogP contribution in [-0.2, 0) is 0 Å². The fourth-order valence-electron chi connectivity index (χ4n) is 1.52. The largest absolute Gasteiger partial charge is 0.507 e. The predicted octanol–water partition coefficient (Wildman–Crippen LogP) is 2.32. The summed E-state index contributed by atoms with van der Waals surface area (Å²) < 4.78 is 5.74. The van der Waals surface area contributed by atoms with E-state index in [-0.39, 0.29) is 5.75 Å². The molecule has 1 heterocycles. The Kier molecular flexibility index (Phi) is 4.89. The first-order valence-corrected chi connectivity index (χ1v) is 6.70. The van der Waals surface area contributed by atoms with E-state index in [9.17, 15) is 9.90 Å². The fraction of sp³-hybridized carbons (Fsp3) is 0.0714. The summed E-state index contributed by atoms with van der Waals surface area (Å²) in [7, 11) is 1.52. The number of aromatic hydroxyl groups is 1. The van der Waals surface area contributed by atoms with Crippen LogP contribution in [0.5, 0.6) is 11.5 Å². The number of methoxy groups -OCH3 is 1. The Morgan fingerprint density at radius 2 is 2.24 bits per heavy atom. The Morgan fingerprint density at radius 1 is 1.43 bits per heavy atom. The molecule has 1 amide bonds. The van der Waals surface area contributed by atoms with Gasteiger partial charge in [-0.15, -0.1) is 0 Å². The molecule has 7 heteroatoms. The van der Waals surface area contributed by atoms with Crippen molar-refractivity contribution in [3.63, 3.8) is 0 Å². The van der Waals surface area contributed by atoms with Crippen molar-refractivity contribution in [3.05, 3.63) is 52.3 Å². The maximum atomic E-state index is 11.8. The lowest BCUT2D eigenvalue weighted by molar-refractivity contribution is 0.0954. The minimum atomic E-state index is -0.401. The monoisotopic (exact) mass is 349 g/mol. The van der Waals surface area contributed by atoms with Crippen LogP contribution in [0.15, 0.2) is 46.2 Å². The Labute approximate surface area is 129 Å². The Hall–Kier alpha value is -2.41. The minimum absolute atomic E-state index is 0.0397. The van der Waals surface area contributed by atoms with Crippen LogP contribution in [0.4, 0.5) is 0 Å². The number of aromatic nitrogens is 1. The van der Waals surface area contributed by atoms with Crippen LogP contribution in [-0.4, -0.2) is 29.3 Å². The van der Waals surface area contributed by atoms with Crippen LogP contribution in [0.25, 0.3) is 0 Å². The average molecular weight is 350 g/mol. The number of ether oxygens (including phenoxy) is 1. The van der Waals surface area contributed by atoms with Crippen molar-refractivity contribution in [3.8, 4) is 11.5 Å². The van der Waals surface area contributed by atoms with Gasteiger partial charge in [-0.2, -0.15) is 5.10 Å². The molecule has 0 bridgehead atoms. The molecule has 0 saturated heterocycles. The number of amides is 1. The molecular formula is C14H12BrN3O3. The zero-order valence-electron chi connectivity index (χ0n) is 11.1. The third-order valence-electron chi connectivity index (χ3n) is 2.57. The third-order valence-corrected chi connectivity index (χ3v) is 3.01. The number of benzene rings is 1. The molecule has 21 heavy (non-hydrogen) atoms. The van der Waals surface area contributed by atoms with E-state index in [1.54, 1.807) is 24.4 Å². The van der Waals surface area contributed by atoms with Crippen molar-refractivity contribution >= 4 is 28.1 Å². The zero-order valence-corrected chi connectivity index (χ0v) is 12.7. The van der Waals surface area contributed by atoms with Gasteiger partial charge in [0.2, 0.25) is 0 Å². The number of nitrogens with one attached hydrogen (secondary N) is 1. The van der Waals surface area contributed by atoms with Gasteiger partial charge in [-0.25, -0.2) is 5.43 Å². The topological polar surface area (TPSA) is 83.8 Å². The lowest BCUT2D eigenvalue weighted by Crippen LogP contribution is -2.17. The summed E-state index contributed by atoms with van der Waals surface area (Å²) in [6.45, 7) is 0. The Balaban J connectivity index is 2.07. The molecule has 0 atom stereocenters. The second-order valence-corrected chi connectivity index (χ2v) is 4.93. The highest BCUT2D eigenvalue weighted by Crippen LogP contribution is 2.20. The molecule has 0 aliphatic rings. The molecule has 0 aliphatic carbocycles. The van der Waals surface area contributed by atoms with Gasteiger partial charge in [-0.1, -0.05) is 0 Å². The van der Waals surface area contributed by atoms with Crippen molar-refractivity contribution in [1.82, 2.24) is 10.4 Å². The normalized spacial score (nSPS) is 10.6. The molecule has 1 aromatic heterocycles. The number of hydrogen-bond acceptors (Lipinski definition) is 5. The zero-order chi connectivity index (χ0) is 15.2. The van der Waals surface area contributed by atoms with Crippen LogP contribution in [0.1, 0.15) is 15.9 Å². The first kappa shape index (κ1) is 15.0. The van der Waals surface area contributed by atoms with Gasteiger partial charge in [0, 0.05) is 22.4 Å². The van der Waals surface area contributed by atoms with E-state index >= 15 is 0 Å². The van der Waals surface area contributed by atoms with Crippen molar-refractivity contribution in [1.29, 1.82) is 0 Å². The van der Waals surface area contributed by atoms with Gasteiger partial charge >= 0.3 is 0 Å². The van der Waals surface area contributed by atoms with Crippen molar-refractivity contribution in [2.24, 2.45) is 5.10 Å². The van der Waals surface area contributed by atoms with Crippen LogP contribution >= 0.6 is 15.9 Å². The Bertz CT molecular complexity index is 689. The van der Waals surface area contributed by atoms with Crippen molar-refractivity contribution < 1.29 is 14.6 Å². The average Bonchev–Trinajstić information content (AvgIpc) is 2.49. The third kappa shape index (κ3) is 4.03. The quantitative estimate of drug-likeness (QED) is 0.655. The van der Waals surface area contributed by atoms with E-state index in [0.717, 1.165) is 0 Å². The standard InChI is InChI=1S/C14H12BrN3O3/c1-21-12-2-3-13(19)9(5-12)7-17-18-14(20)10-4-11(15)8-16-6-10/h2-8,19H,1H3,(H,18,20). The highest BCUT2D eigenvalue weighted by molar-refractivity contribution is 9.10. The van der Waals surface area contributed by atoms with E-state index in [2.05, 4.69) is 31.4 Å². The molecule has 2 rings (SSSR count). The second-order valence-electron chi connectivity index (χ2n) is 4.02. The molecule has 0 saturated carbocycles. The lowest BCUT2D eigenvalue weighted by Gasteiger charge is -2.03. The molecule has 0 fully saturated rings. The molecule has 2 N–H and O–H groups in total. The number of phenolic OH excluding ortho intramolecular Hbond substituents is 1. The highest BCUT2D eigenvalue weighted by atomic mass is 79.9. The number of rotatable bonds is 4. The van der Waals surface area contributed by atoms with E-state index in [1.165, 1.54) is 25.6 Å². The fourth-order valence-corrected chi connectivity index (χ4v) is 1.89. The summed E-state index contributed by atoms with van der Waals surface area (Å²) in [6, 6.07) is 6.34. The number of pyridine rings is 1. The molecule has 0 spiro atoms. The first-order chi connectivity index (χ1) is 10.1. The highest BCUT2D eigenvalue weighted by Gasteiger charge is 2.05. The Morgan fingerprint density at radius 3 is 2.95 bits per heavy atom. The van der Waals surface area contributed by atoms with E-state index in [1.807, 2.05) is 0 Å². The number of carbonyl (C=O) groups excluding carboxylic acids is 1. The number of hydrazone groups is 1. The summed E-state index contributed by atoms with van der Waals surface area (Å²) in [5.74, 6) is 0.220. The maximum absolute atomic E-state index is 11.8. The van der Waals surface area contributed by atoms with Gasteiger partial charge in [0.1, 0.15) is 11.5 Å². The van der Waals surface area contributed by atoms with Gasteiger partial charge < -0.3 is 9.84 Å². The minimum Gasteiger partial charge on any atom is -0.507 e. The van der Waals surface area contributed by atoms with Crippen molar-refractivity contribution in [2.45, 2.75) is 0 Å². The smallest absolute Gasteiger partial charge is 0.272 e. The molecule has 0 aliphatic heterocycles. The number of carbonyl (C=O) groups is 1. The van der Waals surface area contributed by atoms with Crippen LogP contribution in [0, 0.1) is 0 Å². The van der Waals surface area contributed by atoms with Gasteiger partial charge in [-0.05, 0) is 40.2 Å². The number of nitrogens with zero attached hydrogens (tertiary/aromatic N) is 2. The number of phenols is 1. The summed E-state index contributed by atoms with van der Waals surface area (Å²) in [4.78, 5) is 15.7. The summed E-state index contributed by atoms with van der Waals surface area (Å²) in [5.41, 5.74) is 3.16. The van der Waals surface area contributed by atoms with E-state index in [4.69, 9.17) is 4.74 Å². The molecule has 2 aromatic rings. The van der Waals surface area contributed by atoms with Crippen molar-refractivity contribution in [2.75, 3.05) is 7.11 Å². The molecular weight excluding hydrogens is 338 g/mol. The molecule has 0 radical (unpaired) electrons. The summed E-state index contributed by atoms with van der Waals surface area (Å²) >= 11 is 3.23. The van der Waals surface area contributed by atoms with Gasteiger partial charge in [0.05, 0.1) is 18.9 Å². The lowest BCUT2D eigenvalue weighted by atomic mass is 10.2. The van der Waals surface area contributed by atoms with Gasteiger partial charge in [0.25, 0.3) is 5.91 Å². The second kappa shape index (κ2) is 6.85. The summed E-state index contributed by atoms with van der Waals surface area (Å²) in [5, 5.41) is 13.5. The van der Waals surface area contributed by atoms with Crippen LogP contribution in [0.2, 0.25) is 0 Å². The molecule has 6 nitrogen and oxygen atoms in total. The first-order valence-electron chi connectivity index (χ1n) is 5.91. The molecule has 1 aromatic carbocycles. The van der Waals surface area contributed by atoms with Gasteiger partial charge in [-0.3, -0.25) is 9.78 Å². The maximum Gasteiger partial charge on any atom is 0.272 e. The van der Waals surface area contributed by atoms with E-state index in [0.29, 0.717) is 21.3 Å². The molecule has 0 unspecified atom stereocenters. The number of hydrogen-bond donors (Lipinski definition) is 2.